The number of aliphatic imine (C=N–C) groups is 1. The Labute approximate surface area is 183 Å². The molecule has 0 aliphatic carbocycles. The summed E-state index contributed by atoms with van der Waals surface area (Å²) in [5.41, 5.74) is 2.06. The summed E-state index contributed by atoms with van der Waals surface area (Å²) in [5, 5.41) is 16.3. The highest BCUT2D eigenvalue weighted by Gasteiger charge is 2.41. The van der Waals surface area contributed by atoms with Gasteiger partial charge in [0.2, 0.25) is 5.91 Å². The summed E-state index contributed by atoms with van der Waals surface area (Å²) in [5.74, 6) is -0.747. The van der Waals surface area contributed by atoms with Crippen LogP contribution in [-0.2, 0) is 19.1 Å². The van der Waals surface area contributed by atoms with Gasteiger partial charge >= 0.3 is 5.97 Å². The first-order valence-electron chi connectivity index (χ1n) is 9.40. The lowest BCUT2D eigenvalue weighted by atomic mass is 9.93. The van der Waals surface area contributed by atoms with Crippen molar-refractivity contribution < 1.29 is 24.0 Å². The molecule has 0 unspecified atom stereocenters. The van der Waals surface area contributed by atoms with E-state index in [1.807, 2.05) is 5.41 Å². The third kappa shape index (κ3) is 4.78. The topological polar surface area (TPSA) is 123 Å². The first-order chi connectivity index (χ1) is 14.9. The normalized spacial score (nSPS) is 17.6. The molecule has 1 N–H and O–H groups in total. The van der Waals surface area contributed by atoms with Gasteiger partial charge in [-0.05, 0) is 30.0 Å². The summed E-state index contributed by atoms with van der Waals surface area (Å²) in [4.78, 5) is 41.9. The van der Waals surface area contributed by atoms with E-state index in [0.717, 1.165) is 0 Å². The number of non-ortho nitro benzene ring substituents is 1. The van der Waals surface area contributed by atoms with Crippen LogP contribution in [0.3, 0.4) is 0 Å². The minimum Gasteiger partial charge on any atom is -0.466 e. The van der Waals surface area contributed by atoms with Crippen LogP contribution in [0.2, 0.25) is 0 Å². The van der Waals surface area contributed by atoms with Crippen molar-refractivity contribution in [1.82, 2.24) is 10.2 Å². The molecule has 2 aliphatic heterocycles. The fraction of sp³-hybridized carbons (Fsp3) is 0.350. The first kappa shape index (κ1) is 22.5. The molecule has 1 atom stereocenters. The van der Waals surface area contributed by atoms with Crippen LogP contribution >= 0.6 is 11.8 Å². The van der Waals surface area contributed by atoms with Gasteiger partial charge in [0, 0.05) is 31.5 Å². The Hall–Kier alpha value is -3.18. The van der Waals surface area contributed by atoms with Crippen LogP contribution < -0.4 is 5.32 Å². The predicted molar refractivity (Wildman–Crippen MR) is 115 cm³/mol. The van der Waals surface area contributed by atoms with Crippen LogP contribution in [0, 0.1) is 10.1 Å². The Morgan fingerprint density at radius 1 is 1.29 bits per heavy atom. The zero-order valence-electron chi connectivity index (χ0n) is 17.3. The van der Waals surface area contributed by atoms with E-state index in [1.165, 1.54) is 31.0 Å². The number of hydrogen-bond acceptors (Lipinski definition) is 9. The number of amides is 1. The molecule has 0 radical (unpaired) electrons. The smallest absolute Gasteiger partial charge is 0.338 e. The molecule has 1 aromatic rings. The van der Waals surface area contributed by atoms with E-state index < -0.39 is 16.9 Å². The molecule has 164 valence electrons. The Bertz CT molecular complexity index is 986. The van der Waals surface area contributed by atoms with Gasteiger partial charge in [-0.25, -0.2) is 9.79 Å². The molecule has 10 nitrogen and oxygen atoms in total. The van der Waals surface area contributed by atoms with Gasteiger partial charge in [0.15, 0.2) is 5.17 Å². The number of amidine groups is 1. The fourth-order valence-electron chi connectivity index (χ4n) is 3.35. The Balaban J connectivity index is 1.97. The molecule has 1 aromatic carbocycles. The summed E-state index contributed by atoms with van der Waals surface area (Å²) >= 11 is 1.35. The number of thioether (sulfide) groups is 1. The lowest BCUT2D eigenvalue weighted by Crippen LogP contribution is -2.38. The number of rotatable bonds is 8. The molecule has 2 aliphatic rings. The summed E-state index contributed by atoms with van der Waals surface area (Å²) in [6.45, 7) is 2.50. The molecule has 0 saturated heterocycles. The van der Waals surface area contributed by atoms with Crippen molar-refractivity contribution in [1.29, 1.82) is 0 Å². The third-order valence-electron chi connectivity index (χ3n) is 4.80. The second-order valence-electron chi connectivity index (χ2n) is 6.75. The van der Waals surface area contributed by atoms with Crippen molar-refractivity contribution in [3.63, 3.8) is 0 Å². The van der Waals surface area contributed by atoms with E-state index in [0.29, 0.717) is 40.8 Å². The van der Waals surface area contributed by atoms with E-state index >= 15 is 0 Å². The molecular weight excluding hydrogens is 424 g/mol. The second-order valence-corrected chi connectivity index (χ2v) is 7.59. The maximum absolute atomic E-state index is 12.6. The van der Waals surface area contributed by atoms with Gasteiger partial charge in [-0.15, -0.1) is 0 Å². The SMILES string of the molecule is COCCNC(=O)CC1=CSC2=NC(C)=C(C(=O)OC)[C@H](c3ccc([N+](=O)[O-])cc3)N12. The summed E-state index contributed by atoms with van der Waals surface area (Å²) in [6, 6.07) is 5.33. The first-order valence-corrected chi connectivity index (χ1v) is 10.3. The van der Waals surface area contributed by atoms with Crippen molar-refractivity contribution in [3.8, 4) is 0 Å². The van der Waals surface area contributed by atoms with Crippen LogP contribution in [-0.4, -0.2) is 54.2 Å². The van der Waals surface area contributed by atoms with Gasteiger partial charge in [0.1, 0.15) is 0 Å². The molecule has 0 spiro atoms. The number of benzene rings is 1. The largest absolute Gasteiger partial charge is 0.466 e. The number of methoxy groups -OCH3 is 2. The van der Waals surface area contributed by atoms with Gasteiger partial charge in [0.05, 0.1) is 42.4 Å². The predicted octanol–water partition coefficient (Wildman–Crippen LogP) is 2.50. The van der Waals surface area contributed by atoms with E-state index in [1.54, 1.807) is 31.1 Å². The highest BCUT2D eigenvalue weighted by atomic mass is 32.2. The lowest BCUT2D eigenvalue weighted by Gasteiger charge is -2.36. The van der Waals surface area contributed by atoms with Crippen LogP contribution in [0.1, 0.15) is 24.9 Å². The quantitative estimate of drug-likeness (QED) is 0.280. The number of nitro benzene ring substituents is 1. The van der Waals surface area contributed by atoms with Gasteiger partial charge in [-0.3, -0.25) is 14.9 Å². The lowest BCUT2D eigenvalue weighted by molar-refractivity contribution is -0.384. The van der Waals surface area contributed by atoms with Crippen LogP contribution in [0.25, 0.3) is 0 Å². The van der Waals surface area contributed by atoms with Crippen LogP contribution in [0.4, 0.5) is 5.69 Å². The third-order valence-corrected chi connectivity index (χ3v) is 5.68. The molecule has 0 fully saturated rings. The number of hydrogen-bond donors (Lipinski definition) is 1. The molecule has 11 heteroatoms. The van der Waals surface area contributed by atoms with E-state index in [-0.39, 0.29) is 18.0 Å². The average Bonchev–Trinajstić information content (AvgIpc) is 3.14. The zero-order valence-corrected chi connectivity index (χ0v) is 18.1. The minimum absolute atomic E-state index is 0.0575. The Morgan fingerprint density at radius 3 is 2.61 bits per heavy atom. The minimum atomic E-state index is -0.631. The highest BCUT2D eigenvalue weighted by molar-refractivity contribution is 8.16. The monoisotopic (exact) mass is 446 g/mol. The molecule has 2 heterocycles. The van der Waals surface area contributed by atoms with Gasteiger partial charge < -0.3 is 19.7 Å². The summed E-state index contributed by atoms with van der Waals surface area (Å²) in [7, 11) is 2.84. The van der Waals surface area contributed by atoms with Crippen molar-refractivity contribution >= 4 is 34.5 Å². The maximum atomic E-state index is 12.6. The number of nitro groups is 1. The maximum Gasteiger partial charge on any atom is 0.338 e. The number of ether oxygens (including phenoxy) is 2. The van der Waals surface area contributed by atoms with Crippen molar-refractivity contribution in [3.05, 3.63) is 62.3 Å². The van der Waals surface area contributed by atoms with Crippen molar-refractivity contribution in [2.24, 2.45) is 4.99 Å². The Kier molecular flexibility index (Phi) is 7.08. The fourth-order valence-corrected chi connectivity index (χ4v) is 4.32. The van der Waals surface area contributed by atoms with Gasteiger partial charge in [0.25, 0.3) is 5.69 Å². The number of allylic oxidation sites excluding steroid dienone is 1. The Morgan fingerprint density at radius 2 is 2.00 bits per heavy atom. The number of nitrogens with zero attached hydrogens (tertiary/aromatic N) is 3. The molecule has 3 rings (SSSR count). The standard InChI is InChI=1S/C20H22N4O6S/c1-12-17(19(26)30-3)18(13-4-6-14(7-5-13)24(27)28)23-15(11-31-20(23)22-12)10-16(25)21-8-9-29-2/h4-7,11,18H,8-10H2,1-3H3,(H,21,25)/t18-/m0/s1. The molecule has 0 saturated carbocycles. The number of carbonyl (C=O) groups excluding carboxylic acids is 2. The van der Waals surface area contributed by atoms with E-state index in [2.05, 4.69) is 10.3 Å². The molecule has 0 aromatic heterocycles. The second kappa shape index (κ2) is 9.75. The average molecular weight is 446 g/mol. The van der Waals surface area contributed by atoms with E-state index in [9.17, 15) is 19.7 Å². The number of esters is 1. The van der Waals surface area contributed by atoms with Crippen molar-refractivity contribution in [2.45, 2.75) is 19.4 Å². The molecular formula is C20H22N4O6S. The highest BCUT2D eigenvalue weighted by Crippen LogP contribution is 2.44. The number of nitrogens with one attached hydrogen (secondary N) is 1. The van der Waals surface area contributed by atoms with E-state index in [4.69, 9.17) is 9.47 Å². The molecule has 0 bridgehead atoms. The zero-order chi connectivity index (χ0) is 22.5. The number of carbonyl (C=O) groups is 2. The summed E-state index contributed by atoms with van der Waals surface area (Å²) < 4.78 is 9.93. The number of fused-ring (bicyclic) bond motifs is 1. The molecule has 31 heavy (non-hydrogen) atoms. The van der Waals surface area contributed by atoms with Crippen LogP contribution in [0.5, 0.6) is 0 Å². The van der Waals surface area contributed by atoms with Gasteiger partial charge in [-0.2, -0.15) is 0 Å². The van der Waals surface area contributed by atoms with Crippen LogP contribution in [0.15, 0.2) is 51.6 Å². The van der Waals surface area contributed by atoms with Crippen molar-refractivity contribution in [2.75, 3.05) is 27.4 Å². The van der Waals surface area contributed by atoms with Gasteiger partial charge in [-0.1, -0.05) is 11.8 Å². The summed E-state index contributed by atoms with van der Waals surface area (Å²) in [6.07, 6.45) is 0.0761. The molecule has 1 amide bonds.